The van der Waals surface area contributed by atoms with Gasteiger partial charge in [0.05, 0.1) is 10.8 Å². The Kier molecular flexibility index (Phi) is 5.94. The number of hydrogen-bond acceptors (Lipinski definition) is 3. The van der Waals surface area contributed by atoms with Gasteiger partial charge in [0.1, 0.15) is 0 Å². The Morgan fingerprint density at radius 3 is 2.50 bits per heavy atom. The molecule has 1 unspecified atom stereocenters. The summed E-state index contributed by atoms with van der Waals surface area (Å²) >= 11 is 5.82. The standard InChI is InChI=1S/C17H25ClN2O3S/c1-17(2,3)12-19-16(21)13-5-4-10-20(11-13)24(22,23)15-8-6-14(18)7-9-15/h6-9,13H,4-5,10-12H2,1-3H3,(H,19,21). The molecule has 1 atom stereocenters. The molecule has 24 heavy (non-hydrogen) atoms. The van der Waals surface area contributed by atoms with Crippen LogP contribution in [0.2, 0.25) is 5.02 Å². The van der Waals surface area contributed by atoms with Crippen molar-refractivity contribution in [2.24, 2.45) is 11.3 Å². The molecular weight excluding hydrogens is 348 g/mol. The molecule has 1 amide bonds. The van der Waals surface area contributed by atoms with E-state index in [4.69, 9.17) is 11.6 Å². The van der Waals surface area contributed by atoms with E-state index in [2.05, 4.69) is 5.32 Å². The first-order valence-corrected chi connectivity index (χ1v) is 9.95. The summed E-state index contributed by atoms with van der Waals surface area (Å²) in [4.78, 5) is 12.6. The van der Waals surface area contributed by atoms with Crippen molar-refractivity contribution in [1.29, 1.82) is 0 Å². The molecule has 1 aromatic rings. The third-order valence-corrected chi connectivity index (χ3v) is 6.13. The zero-order valence-electron chi connectivity index (χ0n) is 14.4. The Hall–Kier alpha value is -1.11. The molecule has 0 saturated carbocycles. The summed E-state index contributed by atoms with van der Waals surface area (Å²) < 4.78 is 26.9. The highest BCUT2D eigenvalue weighted by atomic mass is 35.5. The van der Waals surface area contributed by atoms with Crippen LogP contribution in [0.3, 0.4) is 0 Å². The second-order valence-electron chi connectivity index (χ2n) is 7.43. The lowest BCUT2D eigenvalue weighted by Crippen LogP contribution is -2.46. The summed E-state index contributed by atoms with van der Waals surface area (Å²) in [7, 11) is -3.59. The zero-order valence-corrected chi connectivity index (χ0v) is 16.0. The number of carbonyl (C=O) groups is 1. The molecule has 7 heteroatoms. The molecule has 1 aliphatic rings. The van der Waals surface area contributed by atoms with Crippen LogP contribution in [-0.4, -0.2) is 38.3 Å². The van der Waals surface area contributed by atoms with Crippen LogP contribution >= 0.6 is 11.6 Å². The van der Waals surface area contributed by atoms with Crippen molar-refractivity contribution < 1.29 is 13.2 Å². The molecule has 1 fully saturated rings. The molecule has 1 aliphatic heterocycles. The van der Waals surface area contributed by atoms with Crippen LogP contribution in [0.5, 0.6) is 0 Å². The average molecular weight is 373 g/mol. The summed E-state index contributed by atoms with van der Waals surface area (Å²) in [6, 6.07) is 6.12. The molecule has 0 spiro atoms. The van der Waals surface area contributed by atoms with Crippen molar-refractivity contribution in [3.05, 3.63) is 29.3 Å². The van der Waals surface area contributed by atoms with Gasteiger partial charge in [-0.1, -0.05) is 32.4 Å². The maximum absolute atomic E-state index is 12.7. The van der Waals surface area contributed by atoms with E-state index < -0.39 is 10.0 Å². The largest absolute Gasteiger partial charge is 0.355 e. The number of benzene rings is 1. The fourth-order valence-electron chi connectivity index (χ4n) is 2.63. The van der Waals surface area contributed by atoms with Crippen molar-refractivity contribution >= 4 is 27.5 Å². The van der Waals surface area contributed by atoms with Crippen LogP contribution in [0.1, 0.15) is 33.6 Å². The average Bonchev–Trinajstić information content (AvgIpc) is 2.52. The first-order valence-electron chi connectivity index (χ1n) is 8.13. The van der Waals surface area contributed by atoms with Crippen LogP contribution in [0.25, 0.3) is 0 Å². The monoisotopic (exact) mass is 372 g/mol. The summed E-state index contributed by atoms with van der Waals surface area (Å²) in [5.41, 5.74) is -0.000598. The number of piperidine rings is 1. The van der Waals surface area contributed by atoms with Gasteiger partial charge in [-0.05, 0) is 42.5 Å². The van der Waals surface area contributed by atoms with E-state index in [1.165, 1.54) is 16.4 Å². The van der Waals surface area contributed by atoms with Gasteiger partial charge in [0, 0.05) is 24.7 Å². The summed E-state index contributed by atoms with van der Waals surface area (Å²) in [5.74, 6) is -0.371. The van der Waals surface area contributed by atoms with E-state index in [9.17, 15) is 13.2 Å². The fraction of sp³-hybridized carbons (Fsp3) is 0.588. The Morgan fingerprint density at radius 2 is 1.92 bits per heavy atom. The molecular formula is C17H25ClN2O3S. The molecule has 2 rings (SSSR count). The van der Waals surface area contributed by atoms with Gasteiger partial charge >= 0.3 is 0 Å². The van der Waals surface area contributed by atoms with Crippen molar-refractivity contribution in [2.45, 2.75) is 38.5 Å². The lowest BCUT2D eigenvalue weighted by Gasteiger charge is -2.32. The second-order valence-corrected chi connectivity index (χ2v) is 9.81. The van der Waals surface area contributed by atoms with Crippen LogP contribution in [0, 0.1) is 11.3 Å². The first kappa shape index (κ1) is 19.2. The smallest absolute Gasteiger partial charge is 0.243 e. The number of rotatable bonds is 4. The highest BCUT2D eigenvalue weighted by Gasteiger charge is 2.33. The van der Waals surface area contributed by atoms with Crippen molar-refractivity contribution in [1.82, 2.24) is 9.62 Å². The maximum atomic E-state index is 12.7. The Labute approximate surface area is 149 Å². The van der Waals surface area contributed by atoms with Crippen molar-refractivity contribution in [3.8, 4) is 0 Å². The predicted molar refractivity (Wildman–Crippen MR) is 95.4 cm³/mol. The van der Waals surface area contributed by atoms with Crippen molar-refractivity contribution in [2.75, 3.05) is 19.6 Å². The van der Waals surface area contributed by atoms with E-state index in [1.807, 2.05) is 20.8 Å². The predicted octanol–water partition coefficient (Wildman–Crippen LogP) is 2.90. The summed E-state index contributed by atoms with van der Waals surface area (Å²) in [6.07, 6.45) is 1.39. The van der Waals surface area contributed by atoms with Gasteiger partial charge in [-0.3, -0.25) is 4.79 Å². The maximum Gasteiger partial charge on any atom is 0.243 e. The number of amides is 1. The molecule has 1 aromatic carbocycles. The van der Waals surface area contributed by atoms with Gasteiger partial charge in [-0.2, -0.15) is 4.31 Å². The molecule has 0 radical (unpaired) electrons. The van der Waals surface area contributed by atoms with Gasteiger partial charge in [0.15, 0.2) is 0 Å². The zero-order chi connectivity index (χ0) is 18.0. The second kappa shape index (κ2) is 7.42. The van der Waals surface area contributed by atoms with Crippen LogP contribution in [0.15, 0.2) is 29.2 Å². The van der Waals surface area contributed by atoms with Gasteiger partial charge in [-0.25, -0.2) is 8.42 Å². The molecule has 1 saturated heterocycles. The fourth-order valence-corrected chi connectivity index (χ4v) is 4.28. The first-order chi connectivity index (χ1) is 11.1. The minimum absolute atomic E-state index is 0.000598. The number of nitrogens with zero attached hydrogens (tertiary/aromatic N) is 1. The molecule has 134 valence electrons. The number of hydrogen-bond donors (Lipinski definition) is 1. The lowest BCUT2D eigenvalue weighted by molar-refractivity contribution is -0.126. The minimum Gasteiger partial charge on any atom is -0.355 e. The highest BCUT2D eigenvalue weighted by molar-refractivity contribution is 7.89. The third kappa shape index (κ3) is 4.94. The quantitative estimate of drug-likeness (QED) is 0.883. The molecule has 1 heterocycles. The van der Waals surface area contributed by atoms with E-state index in [1.54, 1.807) is 12.1 Å². The molecule has 0 aliphatic carbocycles. The van der Waals surface area contributed by atoms with Crippen molar-refractivity contribution in [3.63, 3.8) is 0 Å². The summed E-state index contributed by atoms with van der Waals surface area (Å²) in [6.45, 7) is 7.38. The van der Waals surface area contributed by atoms with E-state index in [0.717, 1.165) is 0 Å². The third-order valence-electron chi connectivity index (χ3n) is 4.00. The normalized spacial score (nSPS) is 19.9. The Bertz CT molecular complexity index is 681. The lowest BCUT2D eigenvalue weighted by atomic mass is 9.95. The number of sulfonamides is 1. The summed E-state index contributed by atoms with van der Waals surface area (Å²) in [5, 5.41) is 3.43. The van der Waals surface area contributed by atoms with Gasteiger partial charge in [0.25, 0.3) is 0 Å². The number of halogens is 1. The SMILES string of the molecule is CC(C)(C)CNC(=O)C1CCCN(S(=O)(=O)c2ccc(Cl)cc2)C1. The van der Waals surface area contributed by atoms with Crippen LogP contribution in [0.4, 0.5) is 0 Å². The van der Waals surface area contributed by atoms with Gasteiger partial charge < -0.3 is 5.32 Å². The number of nitrogens with one attached hydrogen (secondary N) is 1. The molecule has 5 nitrogen and oxygen atoms in total. The Balaban J connectivity index is 2.07. The van der Waals surface area contributed by atoms with Crippen LogP contribution in [-0.2, 0) is 14.8 Å². The minimum atomic E-state index is -3.59. The molecule has 0 aromatic heterocycles. The van der Waals surface area contributed by atoms with E-state index >= 15 is 0 Å². The van der Waals surface area contributed by atoms with Gasteiger partial charge in [0.2, 0.25) is 15.9 Å². The highest BCUT2D eigenvalue weighted by Crippen LogP contribution is 2.25. The van der Waals surface area contributed by atoms with E-state index in [-0.39, 0.29) is 28.7 Å². The molecule has 0 bridgehead atoms. The van der Waals surface area contributed by atoms with Crippen LogP contribution < -0.4 is 5.32 Å². The van der Waals surface area contributed by atoms with Gasteiger partial charge in [-0.15, -0.1) is 0 Å². The van der Waals surface area contributed by atoms with E-state index in [0.29, 0.717) is 31.0 Å². The topological polar surface area (TPSA) is 66.5 Å². The molecule has 1 N–H and O–H groups in total. The Morgan fingerprint density at radius 1 is 1.29 bits per heavy atom. The number of carbonyl (C=O) groups excluding carboxylic acids is 1.